The van der Waals surface area contributed by atoms with Crippen molar-refractivity contribution in [3.63, 3.8) is 0 Å². The second-order valence-electron chi connectivity index (χ2n) is 4.02. The quantitative estimate of drug-likeness (QED) is 0.761. The molecule has 98 valence electrons. The van der Waals surface area contributed by atoms with Crippen molar-refractivity contribution in [3.05, 3.63) is 26.8 Å². The molecule has 5 nitrogen and oxygen atoms in total. The Morgan fingerprint density at radius 2 is 2.11 bits per heavy atom. The fourth-order valence-corrected chi connectivity index (χ4v) is 3.35. The van der Waals surface area contributed by atoms with Gasteiger partial charge >= 0.3 is 0 Å². The maximum atomic E-state index is 11.9. The van der Waals surface area contributed by atoms with Gasteiger partial charge in [-0.2, -0.15) is 0 Å². The minimum absolute atomic E-state index is 0.0774. The van der Waals surface area contributed by atoms with Crippen molar-refractivity contribution in [2.24, 2.45) is 5.14 Å². The molecule has 2 rings (SSSR count). The van der Waals surface area contributed by atoms with E-state index in [0.29, 0.717) is 10.7 Å². The number of sulfonamides is 1. The van der Waals surface area contributed by atoms with E-state index in [-0.39, 0.29) is 18.9 Å². The summed E-state index contributed by atoms with van der Waals surface area (Å²) >= 11 is 7.96. The van der Waals surface area contributed by atoms with Gasteiger partial charge in [-0.05, 0) is 40.8 Å². The van der Waals surface area contributed by atoms with Crippen LogP contribution in [-0.4, -0.2) is 26.1 Å². The molecule has 2 N–H and O–H groups in total. The first kappa shape index (κ1) is 14.0. The van der Waals surface area contributed by atoms with E-state index in [0.717, 1.165) is 3.57 Å². The molecular formula is C10H10ClIN2O3S. The number of nitrogens with zero attached hydrogens (tertiary/aromatic N) is 1. The standard InChI is InChI=1S/C10H10ClIN2O3S/c11-6-1-2-8(12)9(3-6)14-5-7(4-10(14)15)18(13,16)17/h1-3,7H,4-5H2,(H2,13,16,17). The summed E-state index contributed by atoms with van der Waals surface area (Å²) in [6.07, 6.45) is -0.0819. The van der Waals surface area contributed by atoms with Gasteiger partial charge in [0, 0.05) is 21.6 Å². The van der Waals surface area contributed by atoms with Gasteiger partial charge in [0.05, 0.1) is 5.69 Å². The van der Waals surface area contributed by atoms with Gasteiger partial charge in [0.2, 0.25) is 15.9 Å². The average Bonchev–Trinajstić information content (AvgIpc) is 2.64. The zero-order valence-corrected chi connectivity index (χ0v) is 12.9. The van der Waals surface area contributed by atoms with Crippen LogP contribution in [-0.2, 0) is 14.8 Å². The van der Waals surface area contributed by atoms with Gasteiger partial charge in [-0.25, -0.2) is 13.6 Å². The highest BCUT2D eigenvalue weighted by atomic mass is 127. The molecule has 1 heterocycles. The number of hydrogen-bond acceptors (Lipinski definition) is 3. The van der Waals surface area contributed by atoms with Crippen molar-refractivity contribution in [3.8, 4) is 0 Å². The molecule has 1 aliphatic heterocycles. The first-order valence-corrected chi connectivity index (χ1v) is 8.12. The van der Waals surface area contributed by atoms with Crippen LogP contribution in [0.1, 0.15) is 6.42 Å². The van der Waals surface area contributed by atoms with Crippen molar-refractivity contribution < 1.29 is 13.2 Å². The van der Waals surface area contributed by atoms with Gasteiger partial charge in [0.1, 0.15) is 5.25 Å². The van der Waals surface area contributed by atoms with Crippen LogP contribution in [0.25, 0.3) is 0 Å². The summed E-state index contributed by atoms with van der Waals surface area (Å²) in [6, 6.07) is 5.13. The van der Waals surface area contributed by atoms with E-state index in [1.54, 1.807) is 18.2 Å². The topological polar surface area (TPSA) is 80.5 Å². The zero-order valence-electron chi connectivity index (χ0n) is 9.14. The van der Waals surface area contributed by atoms with Gasteiger partial charge in [-0.1, -0.05) is 11.6 Å². The van der Waals surface area contributed by atoms with Crippen molar-refractivity contribution in [2.45, 2.75) is 11.7 Å². The number of hydrogen-bond donors (Lipinski definition) is 1. The summed E-state index contributed by atoms with van der Waals surface area (Å²) < 4.78 is 23.4. The predicted molar refractivity (Wildman–Crippen MR) is 78.0 cm³/mol. The maximum Gasteiger partial charge on any atom is 0.228 e. The van der Waals surface area contributed by atoms with Gasteiger partial charge in [0.25, 0.3) is 0 Å². The monoisotopic (exact) mass is 400 g/mol. The molecule has 0 radical (unpaired) electrons. The van der Waals surface area contributed by atoms with Crippen LogP contribution in [0.5, 0.6) is 0 Å². The lowest BCUT2D eigenvalue weighted by Crippen LogP contribution is -2.32. The average molecular weight is 401 g/mol. The van der Waals surface area contributed by atoms with Crippen molar-refractivity contribution in [2.75, 3.05) is 11.4 Å². The van der Waals surface area contributed by atoms with Gasteiger partial charge in [0.15, 0.2) is 0 Å². The minimum atomic E-state index is -3.70. The largest absolute Gasteiger partial charge is 0.310 e. The van der Waals surface area contributed by atoms with E-state index >= 15 is 0 Å². The number of amides is 1. The predicted octanol–water partition coefficient (Wildman–Crippen LogP) is 1.34. The Labute approximate surface area is 123 Å². The molecule has 0 spiro atoms. The molecule has 0 saturated carbocycles. The molecule has 1 aromatic rings. The zero-order chi connectivity index (χ0) is 13.5. The highest BCUT2D eigenvalue weighted by Crippen LogP contribution is 2.30. The fourth-order valence-electron chi connectivity index (χ4n) is 1.82. The van der Waals surface area contributed by atoms with E-state index < -0.39 is 15.3 Å². The molecular weight excluding hydrogens is 391 g/mol. The van der Waals surface area contributed by atoms with Crippen LogP contribution in [0.2, 0.25) is 5.02 Å². The third-order valence-electron chi connectivity index (χ3n) is 2.75. The number of rotatable bonds is 2. The Hall–Kier alpha value is -0.380. The van der Waals surface area contributed by atoms with E-state index in [1.807, 2.05) is 0 Å². The molecule has 1 saturated heterocycles. The van der Waals surface area contributed by atoms with Crippen molar-refractivity contribution in [1.82, 2.24) is 0 Å². The van der Waals surface area contributed by atoms with Crippen LogP contribution < -0.4 is 10.0 Å². The number of carbonyl (C=O) groups excluding carboxylic acids is 1. The SMILES string of the molecule is NS(=O)(=O)C1CC(=O)N(c2cc(Cl)ccc2I)C1. The van der Waals surface area contributed by atoms with Gasteiger partial charge in [-0.3, -0.25) is 4.79 Å². The minimum Gasteiger partial charge on any atom is -0.310 e. The molecule has 1 aliphatic rings. The van der Waals surface area contributed by atoms with E-state index in [2.05, 4.69) is 22.6 Å². The number of nitrogens with two attached hydrogens (primary N) is 1. The second-order valence-corrected chi connectivity index (χ2v) is 7.46. The number of halogens is 2. The lowest BCUT2D eigenvalue weighted by Gasteiger charge is -2.18. The molecule has 1 unspecified atom stereocenters. The Morgan fingerprint density at radius 3 is 2.67 bits per heavy atom. The van der Waals surface area contributed by atoms with Gasteiger partial charge < -0.3 is 4.90 Å². The molecule has 1 atom stereocenters. The molecule has 1 fully saturated rings. The highest BCUT2D eigenvalue weighted by molar-refractivity contribution is 14.1. The van der Waals surface area contributed by atoms with Gasteiger partial charge in [-0.15, -0.1) is 0 Å². The van der Waals surface area contributed by atoms with E-state index in [1.165, 1.54) is 4.90 Å². The molecule has 0 aromatic heterocycles. The van der Waals surface area contributed by atoms with Crippen LogP contribution in [0, 0.1) is 3.57 Å². The molecule has 8 heteroatoms. The molecule has 1 aromatic carbocycles. The first-order valence-electron chi connectivity index (χ1n) is 5.06. The molecule has 0 aliphatic carbocycles. The van der Waals surface area contributed by atoms with E-state index in [4.69, 9.17) is 16.7 Å². The van der Waals surface area contributed by atoms with Crippen molar-refractivity contribution in [1.29, 1.82) is 0 Å². The summed E-state index contributed by atoms with van der Waals surface area (Å²) in [4.78, 5) is 13.3. The number of benzene rings is 1. The number of carbonyl (C=O) groups is 1. The number of anilines is 1. The van der Waals surface area contributed by atoms with Crippen LogP contribution in [0.15, 0.2) is 18.2 Å². The smallest absolute Gasteiger partial charge is 0.228 e. The van der Waals surface area contributed by atoms with Crippen molar-refractivity contribution >= 4 is 55.8 Å². The second kappa shape index (κ2) is 4.95. The van der Waals surface area contributed by atoms with Crippen LogP contribution in [0.4, 0.5) is 5.69 Å². The Morgan fingerprint density at radius 1 is 1.44 bits per heavy atom. The maximum absolute atomic E-state index is 11.9. The third kappa shape index (κ3) is 2.79. The normalized spacial score (nSPS) is 20.5. The Bertz CT molecular complexity index is 605. The number of primary sulfonamides is 1. The first-order chi connectivity index (χ1) is 8.29. The Balaban J connectivity index is 2.35. The molecule has 1 amide bonds. The summed E-state index contributed by atoms with van der Waals surface area (Å²) in [5.41, 5.74) is 0.624. The third-order valence-corrected chi connectivity index (χ3v) is 5.15. The van der Waals surface area contributed by atoms with Crippen LogP contribution in [0.3, 0.4) is 0 Å². The summed E-state index contributed by atoms with van der Waals surface area (Å²) in [6.45, 7) is 0.0774. The Kier molecular flexibility index (Phi) is 3.86. The fraction of sp³-hybridized carbons (Fsp3) is 0.300. The lowest BCUT2D eigenvalue weighted by atomic mass is 10.3. The molecule has 0 bridgehead atoms. The van der Waals surface area contributed by atoms with E-state index in [9.17, 15) is 13.2 Å². The summed E-state index contributed by atoms with van der Waals surface area (Å²) in [5, 5.41) is 4.73. The summed E-state index contributed by atoms with van der Waals surface area (Å²) in [7, 11) is -3.70. The lowest BCUT2D eigenvalue weighted by molar-refractivity contribution is -0.117. The molecule has 18 heavy (non-hydrogen) atoms. The summed E-state index contributed by atoms with van der Waals surface area (Å²) in [5.74, 6) is -0.255. The highest BCUT2D eigenvalue weighted by Gasteiger charge is 2.37. The van der Waals surface area contributed by atoms with Crippen LogP contribution >= 0.6 is 34.2 Å².